The van der Waals surface area contributed by atoms with E-state index in [2.05, 4.69) is 15.6 Å². The van der Waals surface area contributed by atoms with Crippen molar-refractivity contribution in [2.75, 3.05) is 5.32 Å². The van der Waals surface area contributed by atoms with E-state index in [0.717, 1.165) is 22.4 Å². The Morgan fingerprint density at radius 1 is 1.27 bits per heavy atom. The van der Waals surface area contributed by atoms with Crippen molar-refractivity contribution in [1.82, 2.24) is 10.3 Å². The fourth-order valence-corrected chi connectivity index (χ4v) is 2.95. The van der Waals surface area contributed by atoms with Crippen LogP contribution in [-0.2, 0) is 6.42 Å². The molecule has 1 aromatic heterocycles. The third-order valence-corrected chi connectivity index (χ3v) is 3.83. The molecule has 5 nitrogen and oxygen atoms in total. The number of nitrogens with zero attached hydrogens (tertiary/aromatic N) is 1. The number of rotatable bonds is 2. The van der Waals surface area contributed by atoms with Crippen molar-refractivity contribution in [2.45, 2.75) is 32.4 Å². The van der Waals surface area contributed by atoms with Crippen LogP contribution in [0.25, 0.3) is 0 Å². The van der Waals surface area contributed by atoms with E-state index >= 15 is 0 Å². The van der Waals surface area contributed by atoms with Crippen molar-refractivity contribution in [2.24, 2.45) is 0 Å². The van der Waals surface area contributed by atoms with Gasteiger partial charge in [0.25, 0.3) is 0 Å². The molecule has 1 heterocycles. The van der Waals surface area contributed by atoms with Crippen LogP contribution in [0.2, 0.25) is 0 Å². The molecule has 0 fully saturated rings. The first kappa shape index (κ1) is 14.5. The van der Waals surface area contributed by atoms with Crippen LogP contribution >= 0.6 is 0 Å². The van der Waals surface area contributed by atoms with E-state index in [0.29, 0.717) is 12.2 Å². The molecular formula is C17H19N3O2. The van der Waals surface area contributed by atoms with E-state index in [1.165, 1.54) is 0 Å². The predicted molar refractivity (Wildman–Crippen MR) is 84.8 cm³/mol. The van der Waals surface area contributed by atoms with Crippen LogP contribution in [0.15, 0.2) is 36.4 Å². The Kier molecular flexibility index (Phi) is 3.81. The second-order valence-electron chi connectivity index (χ2n) is 5.72. The van der Waals surface area contributed by atoms with Gasteiger partial charge in [-0.15, -0.1) is 0 Å². The Morgan fingerprint density at radius 2 is 2.05 bits per heavy atom. The molecule has 0 spiro atoms. The molecule has 3 N–H and O–H groups in total. The zero-order valence-electron chi connectivity index (χ0n) is 12.6. The molecule has 0 aliphatic heterocycles. The van der Waals surface area contributed by atoms with Gasteiger partial charge >= 0.3 is 6.03 Å². The minimum absolute atomic E-state index is 0.363. The number of hydrogen-bond donors (Lipinski definition) is 3. The number of anilines is 1. The lowest BCUT2D eigenvalue weighted by Gasteiger charge is -2.18. The number of amides is 2. The number of benzene rings is 1. The smallest absolute Gasteiger partial charge is 0.320 e. The summed E-state index contributed by atoms with van der Waals surface area (Å²) in [5.41, 5.74) is 3.93. The highest BCUT2D eigenvalue weighted by Crippen LogP contribution is 2.31. The van der Waals surface area contributed by atoms with Crippen molar-refractivity contribution in [1.29, 1.82) is 0 Å². The van der Waals surface area contributed by atoms with E-state index in [1.54, 1.807) is 0 Å². The van der Waals surface area contributed by atoms with E-state index in [4.69, 9.17) is 0 Å². The highest BCUT2D eigenvalue weighted by molar-refractivity contribution is 5.88. The molecule has 0 unspecified atom stereocenters. The Bertz CT molecular complexity index is 695. The lowest BCUT2D eigenvalue weighted by Crippen LogP contribution is -2.37. The summed E-state index contributed by atoms with van der Waals surface area (Å²) in [7, 11) is 0. The van der Waals surface area contributed by atoms with Crippen molar-refractivity contribution in [3.8, 4) is 0 Å². The topological polar surface area (TPSA) is 74.2 Å². The van der Waals surface area contributed by atoms with Crippen LogP contribution in [0.5, 0.6) is 0 Å². The summed E-state index contributed by atoms with van der Waals surface area (Å²) in [5.74, 6) is 0.510. The molecule has 0 saturated carbocycles. The SMILES string of the molecule is Cc1cc(C)nc(NC(=O)N[C@@H]2c3ccccc3C[C@H]2O)c1. The number of nitrogens with one attached hydrogen (secondary N) is 2. The van der Waals surface area contributed by atoms with Gasteiger partial charge in [-0.2, -0.15) is 0 Å². The van der Waals surface area contributed by atoms with Gasteiger partial charge in [0.2, 0.25) is 0 Å². The van der Waals surface area contributed by atoms with Gasteiger partial charge < -0.3 is 10.4 Å². The van der Waals surface area contributed by atoms with E-state index in [9.17, 15) is 9.90 Å². The molecule has 22 heavy (non-hydrogen) atoms. The number of hydrogen-bond acceptors (Lipinski definition) is 3. The Labute approximate surface area is 129 Å². The number of carbonyl (C=O) groups is 1. The second kappa shape index (κ2) is 5.77. The van der Waals surface area contributed by atoms with Crippen LogP contribution in [0.1, 0.15) is 28.4 Å². The van der Waals surface area contributed by atoms with Crippen molar-refractivity contribution < 1.29 is 9.90 Å². The molecule has 1 aliphatic rings. The van der Waals surface area contributed by atoms with E-state index in [1.807, 2.05) is 50.2 Å². The molecule has 2 aromatic rings. The van der Waals surface area contributed by atoms with Crippen molar-refractivity contribution in [3.63, 3.8) is 0 Å². The van der Waals surface area contributed by atoms with Gasteiger partial charge in [0.05, 0.1) is 12.1 Å². The van der Waals surface area contributed by atoms with Gasteiger partial charge in [0.15, 0.2) is 0 Å². The first-order valence-electron chi connectivity index (χ1n) is 7.31. The van der Waals surface area contributed by atoms with Crippen LogP contribution < -0.4 is 10.6 Å². The number of aliphatic hydroxyl groups excluding tert-OH is 1. The Morgan fingerprint density at radius 3 is 2.82 bits per heavy atom. The van der Waals surface area contributed by atoms with E-state index in [-0.39, 0.29) is 12.1 Å². The standard InChI is InChI=1S/C17H19N3O2/c1-10-7-11(2)18-15(8-10)19-17(22)20-16-13-6-4-3-5-12(13)9-14(16)21/h3-8,14,16,21H,9H2,1-2H3,(H2,18,19,20,22)/t14-,16-/m1/s1. The summed E-state index contributed by atoms with van der Waals surface area (Å²) >= 11 is 0. The van der Waals surface area contributed by atoms with Crippen LogP contribution in [-0.4, -0.2) is 22.2 Å². The Hall–Kier alpha value is -2.40. The predicted octanol–water partition coefficient (Wildman–Crippen LogP) is 2.48. The molecule has 3 rings (SSSR count). The lowest BCUT2D eigenvalue weighted by molar-refractivity contribution is 0.144. The number of aromatic nitrogens is 1. The minimum Gasteiger partial charge on any atom is -0.390 e. The number of aliphatic hydroxyl groups is 1. The molecule has 114 valence electrons. The maximum absolute atomic E-state index is 12.2. The number of urea groups is 1. The lowest BCUT2D eigenvalue weighted by atomic mass is 10.1. The monoisotopic (exact) mass is 297 g/mol. The number of aryl methyl sites for hydroxylation is 2. The van der Waals surface area contributed by atoms with E-state index < -0.39 is 6.10 Å². The molecule has 1 aliphatic carbocycles. The molecule has 0 radical (unpaired) electrons. The largest absolute Gasteiger partial charge is 0.390 e. The summed E-state index contributed by atoms with van der Waals surface area (Å²) in [4.78, 5) is 16.5. The summed E-state index contributed by atoms with van der Waals surface area (Å²) in [6.07, 6.45) is -0.0431. The quantitative estimate of drug-likeness (QED) is 0.797. The zero-order chi connectivity index (χ0) is 15.7. The molecule has 2 atom stereocenters. The molecule has 1 aromatic carbocycles. The number of fused-ring (bicyclic) bond motifs is 1. The van der Waals surface area contributed by atoms with Crippen LogP contribution in [0.4, 0.5) is 10.6 Å². The van der Waals surface area contributed by atoms with Crippen molar-refractivity contribution in [3.05, 3.63) is 58.8 Å². The number of carbonyl (C=O) groups excluding carboxylic acids is 1. The van der Waals surface area contributed by atoms with Gasteiger partial charge in [-0.3, -0.25) is 5.32 Å². The summed E-state index contributed by atoms with van der Waals surface area (Å²) in [6.45, 7) is 3.84. The summed E-state index contributed by atoms with van der Waals surface area (Å²) in [6, 6.07) is 10.8. The van der Waals surface area contributed by atoms with Gasteiger partial charge in [0.1, 0.15) is 5.82 Å². The maximum atomic E-state index is 12.2. The highest BCUT2D eigenvalue weighted by atomic mass is 16.3. The Balaban J connectivity index is 1.72. The maximum Gasteiger partial charge on any atom is 0.320 e. The highest BCUT2D eigenvalue weighted by Gasteiger charge is 2.31. The third-order valence-electron chi connectivity index (χ3n) is 3.83. The normalized spacial score (nSPS) is 19.6. The first-order chi connectivity index (χ1) is 10.5. The van der Waals surface area contributed by atoms with Gasteiger partial charge in [0, 0.05) is 12.1 Å². The first-order valence-corrected chi connectivity index (χ1v) is 7.31. The molecule has 0 saturated heterocycles. The second-order valence-corrected chi connectivity index (χ2v) is 5.72. The average molecular weight is 297 g/mol. The summed E-state index contributed by atoms with van der Waals surface area (Å²) in [5, 5.41) is 15.7. The fraction of sp³-hybridized carbons (Fsp3) is 0.294. The molecule has 2 amide bonds. The van der Waals surface area contributed by atoms with Gasteiger partial charge in [-0.05, 0) is 42.7 Å². The fourth-order valence-electron chi connectivity index (χ4n) is 2.95. The van der Waals surface area contributed by atoms with Crippen LogP contribution in [0, 0.1) is 13.8 Å². The molecule has 5 heteroatoms. The van der Waals surface area contributed by atoms with Gasteiger partial charge in [-0.1, -0.05) is 24.3 Å². The third kappa shape index (κ3) is 2.94. The molecular weight excluding hydrogens is 278 g/mol. The van der Waals surface area contributed by atoms with Crippen molar-refractivity contribution >= 4 is 11.8 Å². The summed E-state index contributed by atoms with van der Waals surface area (Å²) < 4.78 is 0. The number of pyridine rings is 1. The minimum atomic E-state index is -0.602. The van der Waals surface area contributed by atoms with Gasteiger partial charge in [-0.25, -0.2) is 9.78 Å². The van der Waals surface area contributed by atoms with Crippen LogP contribution in [0.3, 0.4) is 0 Å². The molecule has 0 bridgehead atoms. The average Bonchev–Trinajstić information content (AvgIpc) is 2.74. The zero-order valence-corrected chi connectivity index (χ0v) is 12.6.